The number of hydrogen-bond acceptors (Lipinski definition) is 7. The molecule has 3 atom stereocenters. The van der Waals surface area contributed by atoms with Crippen LogP contribution in [0.15, 0.2) is 47.4 Å². The molecule has 2 amide bonds. The molecule has 3 rings (SSSR count). The Bertz CT molecular complexity index is 1350. The van der Waals surface area contributed by atoms with Crippen molar-refractivity contribution < 1.29 is 45.8 Å². The first kappa shape index (κ1) is 33.1. The molecule has 2 aromatic carbocycles. The molecule has 0 spiro atoms. The maximum atomic E-state index is 13.3. The van der Waals surface area contributed by atoms with Gasteiger partial charge in [-0.05, 0) is 49.4 Å². The van der Waals surface area contributed by atoms with E-state index in [4.69, 9.17) is 9.47 Å². The number of sulfonamides is 1. The summed E-state index contributed by atoms with van der Waals surface area (Å²) in [5, 5.41) is 12.2. The quantitative estimate of drug-likeness (QED) is 0.420. The largest absolute Gasteiger partial charge is 0.497 e. The summed E-state index contributed by atoms with van der Waals surface area (Å²) in [6, 6.07) is 9.78. The topological polar surface area (TPSA) is 125 Å². The first-order valence-electron chi connectivity index (χ1n) is 13.3. The van der Waals surface area contributed by atoms with E-state index in [0.717, 1.165) is 4.31 Å². The van der Waals surface area contributed by atoms with E-state index in [9.17, 15) is 36.3 Å². The number of likely N-dealkylation sites (N-methyl/N-ethyl adjacent to an activating group) is 1. The van der Waals surface area contributed by atoms with Gasteiger partial charge in [0.1, 0.15) is 17.6 Å². The van der Waals surface area contributed by atoms with Crippen molar-refractivity contribution in [3.8, 4) is 11.5 Å². The second-order valence-corrected chi connectivity index (χ2v) is 12.4. The third-order valence-electron chi connectivity index (χ3n) is 7.04. The van der Waals surface area contributed by atoms with Gasteiger partial charge < -0.3 is 24.8 Å². The number of benzene rings is 2. The molecule has 0 saturated carbocycles. The highest BCUT2D eigenvalue weighted by Gasteiger charge is 2.34. The highest BCUT2D eigenvalue weighted by molar-refractivity contribution is 7.89. The minimum Gasteiger partial charge on any atom is -0.497 e. The molecule has 1 aliphatic heterocycles. The Kier molecular flexibility index (Phi) is 10.8. The van der Waals surface area contributed by atoms with Gasteiger partial charge in [0.25, 0.3) is 0 Å². The van der Waals surface area contributed by atoms with Gasteiger partial charge in [-0.3, -0.25) is 9.59 Å². The number of methoxy groups -OCH3 is 1. The Morgan fingerprint density at radius 1 is 1.24 bits per heavy atom. The van der Waals surface area contributed by atoms with Gasteiger partial charge in [-0.2, -0.15) is 17.5 Å². The fraction of sp³-hybridized carbons (Fsp3) is 0.500. The number of fused-ring (bicyclic) bond motifs is 1. The Morgan fingerprint density at radius 2 is 1.90 bits per heavy atom. The molecule has 1 aliphatic rings. The maximum Gasteiger partial charge on any atom is 0.389 e. The van der Waals surface area contributed by atoms with Gasteiger partial charge >= 0.3 is 6.18 Å². The van der Waals surface area contributed by atoms with Crippen LogP contribution in [0.4, 0.5) is 18.9 Å². The second kappa shape index (κ2) is 13.7. The lowest BCUT2D eigenvalue weighted by Crippen LogP contribution is -2.48. The van der Waals surface area contributed by atoms with Crippen LogP contribution < -0.4 is 14.8 Å². The molecule has 0 unspecified atom stereocenters. The average molecular weight is 616 g/mol. The fourth-order valence-electron chi connectivity index (χ4n) is 4.48. The Morgan fingerprint density at radius 3 is 2.50 bits per heavy atom. The number of ether oxygens (including phenoxy) is 2. The van der Waals surface area contributed by atoms with Crippen molar-refractivity contribution in [1.29, 1.82) is 0 Å². The lowest BCUT2D eigenvalue weighted by molar-refractivity contribution is -0.142. The molecule has 232 valence electrons. The van der Waals surface area contributed by atoms with Crippen molar-refractivity contribution in [1.82, 2.24) is 9.21 Å². The lowest BCUT2D eigenvalue weighted by atomic mass is 10.0. The molecular formula is C28H36F3N3O7S. The SMILES string of the molecule is COc1ccc(S(=O)(=O)N(C)C[C@@H]2Oc3ccc(NC(=O)CCC(F)(F)F)cc3CC(=O)N([C@H](C)CO)C[C@@H]2C)cc1. The lowest BCUT2D eigenvalue weighted by Gasteiger charge is -2.33. The summed E-state index contributed by atoms with van der Waals surface area (Å²) in [6.07, 6.45) is -7.42. The van der Waals surface area contributed by atoms with E-state index in [-0.39, 0.29) is 54.3 Å². The van der Waals surface area contributed by atoms with Crippen LogP contribution in [-0.2, 0) is 26.0 Å². The third kappa shape index (κ3) is 8.58. The minimum atomic E-state index is -4.48. The van der Waals surface area contributed by atoms with E-state index in [0.29, 0.717) is 11.3 Å². The zero-order chi connectivity index (χ0) is 31.2. The number of hydrogen-bond donors (Lipinski definition) is 2. The molecule has 2 N–H and O–H groups in total. The molecule has 10 nitrogen and oxygen atoms in total. The molecule has 1 heterocycles. The second-order valence-electron chi connectivity index (χ2n) is 10.3. The van der Waals surface area contributed by atoms with Crippen LogP contribution in [0.3, 0.4) is 0 Å². The predicted octanol–water partition coefficient (Wildman–Crippen LogP) is 3.45. The number of alkyl halides is 3. The average Bonchev–Trinajstić information content (AvgIpc) is 2.98. The number of nitrogens with zero attached hydrogens (tertiary/aromatic N) is 2. The molecule has 0 aliphatic carbocycles. The van der Waals surface area contributed by atoms with E-state index in [2.05, 4.69) is 5.32 Å². The minimum absolute atomic E-state index is 0.0542. The van der Waals surface area contributed by atoms with Crippen LogP contribution in [0.25, 0.3) is 0 Å². The van der Waals surface area contributed by atoms with Crippen molar-refractivity contribution in [2.24, 2.45) is 5.92 Å². The van der Waals surface area contributed by atoms with Crippen molar-refractivity contribution in [2.75, 3.05) is 39.2 Å². The zero-order valence-electron chi connectivity index (χ0n) is 23.8. The molecule has 42 heavy (non-hydrogen) atoms. The maximum absolute atomic E-state index is 13.3. The molecule has 14 heteroatoms. The van der Waals surface area contributed by atoms with Crippen LogP contribution in [0.1, 0.15) is 32.3 Å². The number of carbonyl (C=O) groups excluding carboxylic acids is 2. The van der Waals surface area contributed by atoms with Gasteiger partial charge in [0, 0.05) is 37.2 Å². The molecular weight excluding hydrogens is 579 g/mol. The van der Waals surface area contributed by atoms with Gasteiger partial charge in [0.2, 0.25) is 21.8 Å². The van der Waals surface area contributed by atoms with E-state index < -0.39 is 47.1 Å². The summed E-state index contributed by atoms with van der Waals surface area (Å²) in [5.41, 5.74) is 0.533. The van der Waals surface area contributed by atoms with Crippen LogP contribution >= 0.6 is 0 Å². The van der Waals surface area contributed by atoms with Crippen LogP contribution in [-0.4, -0.2) is 86.7 Å². The van der Waals surface area contributed by atoms with Crippen LogP contribution in [0, 0.1) is 5.92 Å². The number of nitrogens with one attached hydrogen (secondary N) is 1. The van der Waals surface area contributed by atoms with E-state index in [1.807, 2.05) is 6.92 Å². The monoisotopic (exact) mass is 615 g/mol. The highest BCUT2D eigenvalue weighted by atomic mass is 32.2. The standard InChI is InChI=1S/C28H36F3N3O7S/c1-18-15-34(19(2)17-35)27(37)14-20-13-21(32-26(36)11-12-28(29,30)31)5-10-24(20)41-25(18)16-33(3)42(38,39)23-8-6-22(40-4)7-9-23/h5-10,13,18-19,25,35H,11-12,14-17H2,1-4H3,(H,32,36)/t18-,19+,25-/m0/s1. The number of aliphatic hydroxyl groups is 1. The van der Waals surface area contributed by atoms with Crippen LogP contribution in [0.5, 0.6) is 11.5 Å². The molecule has 0 saturated heterocycles. The molecule has 0 bridgehead atoms. The number of halogens is 3. The van der Waals surface area contributed by atoms with E-state index >= 15 is 0 Å². The summed E-state index contributed by atoms with van der Waals surface area (Å²) in [5.74, 6) is -0.796. The molecule has 2 aromatic rings. The highest BCUT2D eigenvalue weighted by Crippen LogP contribution is 2.30. The van der Waals surface area contributed by atoms with Gasteiger partial charge in [-0.15, -0.1) is 0 Å². The Balaban J connectivity index is 1.91. The van der Waals surface area contributed by atoms with Gasteiger partial charge in [0.15, 0.2) is 0 Å². The van der Waals surface area contributed by atoms with Gasteiger partial charge in [-0.25, -0.2) is 8.42 Å². The number of carbonyl (C=O) groups is 2. The van der Waals surface area contributed by atoms with E-state index in [1.54, 1.807) is 6.92 Å². The summed E-state index contributed by atoms with van der Waals surface area (Å²) in [4.78, 5) is 27.0. The van der Waals surface area contributed by atoms with E-state index in [1.165, 1.54) is 61.5 Å². The van der Waals surface area contributed by atoms with Crippen LogP contribution in [0.2, 0.25) is 0 Å². The van der Waals surface area contributed by atoms with Crippen molar-refractivity contribution in [3.63, 3.8) is 0 Å². The smallest absolute Gasteiger partial charge is 0.389 e. The third-order valence-corrected chi connectivity index (χ3v) is 8.88. The summed E-state index contributed by atoms with van der Waals surface area (Å²) >= 11 is 0. The fourth-order valence-corrected chi connectivity index (χ4v) is 5.67. The number of amides is 2. The Labute approximate surface area is 243 Å². The summed E-state index contributed by atoms with van der Waals surface area (Å²) in [6.45, 7) is 3.26. The first-order valence-corrected chi connectivity index (χ1v) is 14.8. The van der Waals surface area contributed by atoms with Crippen molar-refractivity contribution in [2.45, 2.75) is 56.3 Å². The number of rotatable bonds is 10. The van der Waals surface area contributed by atoms with Crippen molar-refractivity contribution >= 4 is 27.5 Å². The summed E-state index contributed by atoms with van der Waals surface area (Å²) < 4.78 is 76.8. The molecule has 0 radical (unpaired) electrons. The van der Waals surface area contributed by atoms with Gasteiger partial charge in [0.05, 0.1) is 44.0 Å². The van der Waals surface area contributed by atoms with Crippen molar-refractivity contribution in [3.05, 3.63) is 48.0 Å². The molecule has 0 aromatic heterocycles. The zero-order valence-corrected chi connectivity index (χ0v) is 24.7. The normalized spacial score (nSPS) is 18.8. The number of aliphatic hydroxyl groups excluding tert-OH is 1. The predicted molar refractivity (Wildman–Crippen MR) is 149 cm³/mol. The Hall–Kier alpha value is -3.36. The summed E-state index contributed by atoms with van der Waals surface area (Å²) in [7, 11) is -1.04. The first-order chi connectivity index (χ1) is 19.6. The van der Waals surface area contributed by atoms with Gasteiger partial charge in [-0.1, -0.05) is 6.92 Å². The molecule has 0 fully saturated rings. The number of anilines is 1.